The number of phosphoric ester groups is 1. The van der Waals surface area contributed by atoms with E-state index in [0.717, 1.165) is 0 Å². The molecule has 2 fully saturated rings. The number of carbonyl (C=O) groups excluding carboxylic acids is 2. The predicted octanol–water partition coefficient (Wildman–Crippen LogP) is -0.479. The van der Waals surface area contributed by atoms with Crippen molar-refractivity contribution >= 4 is 43.6 Å². The van der Waals surface area contributed by atoms with Gasteiger partial charge in [0.1, 0.15) is 6.61 Å². The summed E-state index contributed by atoms with van der Waals surface area (Å²) < 4.78 is 32.4. The van der Waals surface area contributed by atoms with Crippen LogP contribution in [0.3, 0.4) is 0 Å². The second-order valence-electron chi connectivity index (χ2n) is 12.6. The highest BCUT2D eigenvalue weighted by atomic mass is 31.2. The summed E-state index contributed by atoms with van der Waals surface area (Å²) in [5, 5.41) is 41.2. The van der Waals surface area contributed by atoms with Crippen molar-refractivity contribution in [3.63, 3.8) is 0 Å². The molecule has 51 heavy (non-hydrogen) atoms. The Morgan fingerprint density at radius 1 is 0.863 bits per heavy atom. The molecule has 2 unspecified atom stereocenters. The summed E-state index contributed by atoms with van der Waals surface area (Å²) in [6.45, 7) is 2.95. The number of carboxylic acids is 4. The molecule has 0 aromatic heterocycles. The molecule has 1 aliphatic heterocycles. The van der Waals surface area contributed by atoms with Crippen molar-refractivity contribution < 1.29 is 77.2 Å². The van der Waals surface area contributed by atoms with E-state index in [9.17, 15) is 58.7 Å². The number of ether oxygens (including phenoxy) is 2. The summed E-state index contributed by atoms with van der Waals surface area (Å²) in [6, 6.07) is 0. The molecule has 0 aromatic rings. The zero-order valence-corrected chi connectivity index (χ0v) is 29.7. The van der Waals surface area contributed by atoms with Gasteiger partial charge in [-0.05, 0) is 38.5 Å². The molecule has 1 heterocycles. The minimum atomic E-state index is -4.59. The van der Waals surface area contributed by atoms with Crippen LogP contribution < -0.4 is 5.32 Å². The molecule has 2 atom stereocenters. The number of nitrogens with one attached hydrogen (secondary N) is 1. The predicted molar refractivity (Wildman–Crippen MR) is 174 cm³/mol. The standard InChI is InChI=1S/C30H49N4O16P/c1-20(2)50-24(16-47-21(3)35)17-49-51(45,46)48-11-8-31-29(44)22-4-6-23(7-5-22)30(34(14-27(40)41)15-28(42)43)18-32(12-25(36)37)9-10-33(19-30)13-26(38)39/h22-24H,1,4-19H2,2-3H3,(H,31,44)(H,36,37)(H,38,39)(H,40,41)(H,42,43)(H,45,46). The van der Waals surface area contributed by atoms with Gasteiger partial charge in [0.25, 0.3) is 0 Å². The molecule has 0 spiro atoms. The number of hydrogen-bond acceptors (Lipinski definition) is 14. The van der Waals surface area contributed by atoms with Gasteiger partial charge in [0, 0.05) is 45.6 Å². The fourth-order valence-electron chi connectivity index (χ4n) is 6.53. The molecule has 290 valence electrons. The number of esters is 1. The highest BCUT2D eigenvalue weighted by molar-refractivity contribution is 7.47. The lowest BCUT2D eigenvalue weighted by Gasteiger charge is -2.51. The van der Waals surface area contributed by atoms with E-state index in [1.807, 2.05) is 0 Å². The molecule has 2 rings (SSSR count). The zero-order valence-electron chi connectivity index (χ0n) is 28.8. The topological polar surface area (TPSA) is 279 Å². The molecule has 0 aromatic carbocycles. The highest BCUT2D eigenvalue weighted by Gasteiger charge is 2.50. The van der Waals surface area contributed by atoms with Gasteiger partial charge in [-0.2, -0.15) is 0 Å². The number of amides is 1. The molecule has 21 heteroatoms. The molecule has 6 N–H and O–H groups in total. The van der Waals surface area contributed by atoms with Crippen LogP contribution in [0.5, 0.6) is 0 Å². The van der Waals surface area contributed by atoms with Gasteiger partial charge < -0.3 is 40.1 Å². The van der Waals surface area contributed by atoms with Gasteiger partial charge in [-0.3, -0.25) is 52.5 Å². The quantitative estimate of drug-likeness (QED) is 0.0352. The van der Waals surface area contributed by atoms with E-state index in [2.05, 4.69) is 11.9 Å². The lowest BCUT2D eigenvalue weighted by Crippen LogP contribution is -2.66. The zero-order chi connectivity index (χ0) is 38.4. The van der Waals surface area contributed by atoms with Crippen molar-refractivity contribution in [3.05, 3.63) is 12.3 Å². The summed E-state index contributed by atoms with van der Waals surface area (Å²) in [4.78, 5) is 85.9. The van der Waals surface area contributed by atoms with Crippen LogP contribution >= 0.6 is 7.82 Å². The summed E-state index contributed by atoms with van der Waals surface area (Å²) in [5.41, 5.74) is -1.29. The van der Waals surface area contributed by atoms with Gasteiger partial charge in [0.05, 0.1) is 50.7 Å². The van der Waals surface area contributed by atoms with E-state index >= 15 is 0 Å². The number of phosphoric acid groups is 1. The molecule has 0 bridgehead atoms. The Balaban J connectivity index is 2.10. The molecule has 1 saturated carbocycles. The van der Waals surface area contributed by atoms with Crippen LogP contribution in [0.15, 0.2) is 12.3 Å². The second-order valence-corrected chi connectivity index (χ2v) is 14.1. The monoisotopic (exact) mass is 752 g/mol. The number of aliphatic carboxylic acids is 4. The Morgan fingerprint density at radius 2 is 1.39 bits per heavy atom. The molecule has 20 nitrogen and oxygen atoms in total. The third-order valence-electron chi connectivity index (χ3n) is 8.50. The summed E-state index contributed by atoms with van der Waals surface area (Å²) in [6.07, 6.45) is 0.278. The first-order valence-corrected chi connectivity index (χ1v) is 17.7. The first kappa shape index (κ1) is 43.5. The van der Waals surface area contributed by atoms with Crippen molar-refractivity contribution in [1.29, 1.82) is 0 Å². The first-order valence-electron chi connectivity index (χ1n) is 16.2. The van der Waals surface area contributed by atoms with E-state index in [0.29, 0.717) is 25.7 Å². The van der Waals surface area contributed by atoms with Crippen LogP contribution in [0.4, 0.5) is 0 Å². The maximum atomic E-state index is 13.0. The van der Waals surface area contributed by atoms with Crippen molar-refractivity contribution in [1.82, 2.24) is 20.0 Å². The summed E-state index contributed by atoms with van der Waals surface area (Å²) in [7, 11) is -4.59. The molecular weight excluding hydrogens is 703 g/mol. The normalized spacial score (nSPS) is 21.4. The van der Waals surface area contributed by atoms with Crippen molar-refractivity contribution in [3.8, 4) is 0 Å². The average Bonchev–Trinajstić information content (AvgIpc) is 3.18. The van der Waals surface area contributed by atoms with Crippen LogP contribution in [0.2, 0.25) is 0 Å². The maximum absolute atomic E-state index is 13.0. The van der Waals surface area contributed by atoms with Crippen molar-refractivity contribution in [2.75, 3.05) is 78.7 Å². The fourth-order valence-corrected chi connectivity index (χ4v) is 7.28. The number of carbonyl (C=O) groups is 6. The largest absolute Gasteiger partial charge is 0.490 e. The van der Waals surface area contributed by atoms with Gasteiger partial charge >= 0.3 is 37.7 Å². The van der Waals surface area contributed by atoms with Crippen LogP contribution in [0.25, 0.3) is 0 Å². The van der Waals surface area contributed by atoms with Crippen molar-refractivity contribution in [2.45, 2.75) is 51.2 Å². The average molecular weight is 753 g/mol. The number of allylic oxidation sites excluding steroid dienone is 1. The first-order chi connectivity index (χ1) is 23.8. The van der Waals surface area contributed by atoms with Gasteiger partial charge in [-0.1, -0.05) is 6.58 Å². The Kier molecular flexibility index (Phi) is 17.4. The van der Waals surface area contributed by atoms with Crippen LogP contribution in [-0.4, -0.2) is 166 Å². The minimum absolute atomic E-state index is 0.0397. The highest BCUT2D eigenvalue weighted by Crippen LogP contribution is 2.43. The maximum Gasteiger partial charge on any atom is 0.472 e. The van der Waals surface area contributed by atoms with Gasteiger partial charge in [0.2, 0.25) is 5.91 Å². The number of rotatable bonds is 22. The van der Waals surface area contributed by atoms with E-state index in [1.54, 1.807) is 9.80 Å². The molecule has 2 aliphatic rings. The van der Waals surface area contributed by atoms with Gasteiger partial charge in [-0.25, -0.2) is 4.57 Å². The van der Waals surface area contributed by atoms with Gasteiger partial charge in [-0.15, -0.1) is 0 Å². The number of nitrogens with zero attached hydrogens (tertiary/aromatic N) is 3. The lowest BCUT2D eigenvalue weighted by molar-refractivity contribution is -0.150. The lowest BCUT2D eigenvalue weighted by atomic mass is 9.69. The molecule has 1 amide bonds. The van der Waals surface area contributed by atoms with E-state index in [-0.39, 0.29) is 51.0 Å². The molecular formula is C30H49N4O16P. The summed E-state index contributed by atoms with van der Waals surface area (Å²) in [5.74, 6) is -6.64. The number of carboxylic acid groups (broad SMARTS) is 4. The molecule has 1 aliphatic carbocycles. The van der Waals surface area contributed by atoms with Crippen LogP contribution in [0, 0.1) is 11.8 Å². The van der Waals surface area contributed by atoms with E-state index in [4.69, 9.17) is 18.5 Å². The van der Waals surface area contributed by atoms with Crippen LogP contribution in [0.1, 0.15) is 39.5 Å². The van der Waals surface area contributed by atoms with E-state index in [1.165, 1.54) is 18.7 Å². The molecule has 0 radical (unpaired) electrons. The fraction of sp³-hybridized carbons (Fsp3) is 0.733. The number of hydrogen-bond donors (Lipinski definition) is 6. The van der Waals surface area contributed by atoms with E-state index < -0.39 is 101 Å². The molecule has 1 saturated heterocycles. The van der Waals surface area contributed by atoms with Crippen molar-refractivity contribution in [2.24, 2.45) is 11.8 Å². The smallest absolute Gasteiger partial charge is 0.472 e. The second kappa shape index (κ2) is 20.4. The SMILES string of the molecule is C=C(C)OC(COC(C)=O)COP(=O)(O)OCCNC(=O)C1CCC(C2(N(CC(=O)O)CC(=O)O)CN(CC(=O)O)CCN(CC(=O)O)C2)CC1. The minimum Gasteiger partial charge on any atom is -0.490 e. The third-order valence-corrected chi connectivity index (χ3v) is 9.49. The third kappa shape index (κ3) is 15.6. The Labute approximate surface area is 294 Å². The Hall–Kier alpha value is -3.65. The van der Waals surface area contributed by atoms with Gasteiger partial charge in [0.15, 0.2) is 6.10 Å². The summed E-state index contributed by atoms with van der Waals surface area (Å²) >= 11 is 0. The Bertz CT molecular complexity index is 1260. The van der Waals surface area contributed by atoms with Crippen LogP contribution in [-0.2, 0) is 51.9 Å². The Morgan fingerprint density at radius 3 is 1.84 bits per heavy atom.